The van der Waals surface area contributed by atoms with Crippen LogP contribution in [0.4, 0.5) is 5.00 Å². The predicted octanol–water partition coefficient (Wildman–Crippen LogP) is 4.93. The molecule has 0 unspecified atom stereocenters. The zero-order chi connectivity index (χ0) is 21.5. The van der Waals surface area contributed by atoms with Gasteiger partial charge < -0.3 is 19.5 Å². The Kier molecular flexibility index (Phi) is 7.08. The lowest BCUT2D eigenvalue weighted by atomic mass is 10.0. The van der Waals surface area contributed by atoms with Crippen molar-refractivity contribution in [2.75, 3.05) is 25.6 Å². The Labute approximate surface area is 179 Å². The fourth-order valence-corrected chi connectivity index (χ4v) is 3.76. The van der Waals surface area contributed by atoms with Crippen LogP contribution in [0.15, 0.2) is 53.9 Å². The average Bonchev–Trinajstić information content (AvgIpc) is 3.17. The second kappa shape index (κ2) is 9.93. The van der Waals surface area contributed by atoms with Crippen molar-refractivity contribution in [2.45, 2.75) is 13.8 Å². The van der Waals surface area contributed by atoms with E-state index in [0.29, 0.717) is 27.6 Å². The van der Waals surface area contributed by atoms with Gasteiger partial charge >= 0.3 is 5.97 Å². The van der Waals surface area contributed by atoms with Gasteiger partial charge in [-0.25, -0.2) is 4.79 Å². The molecule has 1 amide bonds. The summed E-state index contributed by atoms with van der Waals surface area (Å²) in [5.41, 5.74) is 2.95. The molecular formula is C23H23NO5S. The molecule has 1 heterocycles. The van der Waals surface area contributed by atoms with Crippen molar-refractivity contribution in [1.82, 2.24) is 0 Å². The van der Waals surface area contributed by atoms with E-state index in [0.717, 1.165) is 11.1 Å². The second-order valence-corrected chi connectivity index (χ2v) is 7.33. The van der Waals surface area contributed by atoms with Crippen LogP contribution in [0.1, 0.15) is 22.8 Å². The Balaban J connectivity index is 1.79. The van der Waals surface area contributed by atoms with Crippen LogP contribution in [0.5, 0.6) is 11.5 Å². The lowest BCUT2D eigenvalue weighted by Crippen LogP contribution is -2.21. The quantitative estimate of drug-likeness (QED) is 0.518. The highest BCUT2D eigenvalue weighted by Crippen LogP contribution is 2.36. The van der Waals surface area contributed by atoms with Crippen LogP contribution in [0, 0.1) is 6.92 Å². The van der Waals surface area contributed by atoms with Crippen molar-refractivity contribution >= 4 is 28.2 Å². The Bertz CT molecular complexity index is 1010. The summed E-state index contributed by atoms with van der Waals surface area (Å²) in [6.07, 6.45) is 0. The molecule has 1 N–H and O–H groups in total. The Morgan fingerprint density at radius 2 is 1.67 bits per heavy atom. The first-order valence-electron chi connectivity index (χ1n) is 9.44. The molecular weight excluding hydrogens is 402 g/mol. The molecule has 30 heavy (non-hydrogen) atoms. The number of nitrogens with one attached hydrogen (secondary N) is 1. The van der Waals surface area contributed by atoms with Crippen LogP contribution in [0.25, 0.3) is 11.1 Å². The summed E-state index contributed by atoms with van der Waals surface area (Å²) in [5, 5.41) is 5.02. The van der Waals surface area contributed by atoms with Crippen molar-refractivity contribution < 1.29 is 23.8 Å². The smallest absolute Gasteiger partial charge is 0.341 e. The number of carbonyl (C=O) groups is 2. The molecule has 0 bridgehead atoms. The first kappa shape index (κ1) is 21.4. The van der Waals surface area contributed by atoms with Crippen molar-refractivity contribution in [3.8, 4) is 22.6 Å². The van der Waals surface area contributed by atoms with Crippen LogP contribution in [-0.2, 0) is 9.53 Å². The number of hydrogen-bond donors (Lipinski definition) is 1. The number of benzene rings is 2. The number of amides is 1. The molecule has 0 radical (unpaired) electrons. The fourth-order valence-electron chi connectivity index (χ4n) is 2.78. The molecule has 3 aromatic rings. The van der Waals surface area contributed by atoms with E-state index in [-0.39, 0.29) is 19.1 Å². The molecule has 1 aromatic heterocycles. The number of methoxy groups -OCH3 is 1. The molecule has 2 aromatic carbocycles. The number of thiophene rings is 1. The van der Waals surface area contributed by atoms with E-state index >= 15 is 0 Å². The number of rotatable bonds is 8. The number of ether oxygens (including phenoxy) is 3. The molecule has 0 saturated heterocycles. The van der Waals surface area contributed by atoms with Gasteiger partial charge in [-0.3, -0.25) is 4.79 Å². The van der Waals surface area contributed by atoms with E-state index in [1.165, 1.54) is 11.3 Å². The lowest BCUT2D eigenvalue weighted by molar-refractivity contribution is -0.118. The number of esters is 1. The maximum absolute atomic E-state index is 12.6. The minimum Gasteiger partial charge on any atom is -0.497 e. The van der Waals surface area contributed by atoms with E-state index in [9.17, 15) is 9.59 Å². The summed E-state index contributed by atoms with van der Waals surface area (Å²) in [7, 11) is 1.59. The number of carbonyl (C=O) groups excluding carboxylic acids is 2. The molecule has 156 valence electrons. The molecule has 0 spiro atoms. The van der Waals surface area contributed by atoms with Gasteiger partial charge in [0.05, 0.1) is 13.7 Å². The summed E-state index contributed by atoms with van der Waals surface area (Å²) in [5.74, 6) is 0.475. The summed E-state index contributed by atoms with van der Waals surface area (Å²) < 4.78 is 15.9. The lowest BCUT2D eigenvalue weighted by Gasteiger charge is -2.10. The normalized spacial score (nSPS) is 10.4. The third-order valence-electron chi connectivity index (χ3n) is 4.32. The highest BCUT2D eigenvalue weighted by molar-refractivity contribution is 7.15. The van der Waals surface area contributed by atoms with Gasteiger partial charge in [0.2, 0.25) is 0 Å². The Hall–Kier alpha value is -3.32. The molecule has 0 aliphatic rings. The SMILES string of the molecule is CCOC(=O)c1c(-c2ccc(OC)cc2)csc1NC(=O)COc1ccc(C)cc1. The molecule has 6 nitrogen and oxygen atoms in total. The number of hydrogen-bond acceptors (Lipinski definition) is 6. The summed E-state index contributed by atoms with van der Waals surface area (Å²) in [6.45, 7) is 3.79. The Morgan fingerprint density at radius 1 is 1.00 bits per heavy atom. The standard InChI is InChI=1S/C23H23NO5S/c1-4-28-23(26)21-19(16-7-11-17(27-3)12-8-16)14-30-22(21)24-20(25)13-29-18-9-5-15(2)6-10-18/h5-12,14H,4,13H2,1-3H3,(H,24,25). The molecule has 0 saturated carbocycles. The second-order valence-electron chi connectivity index (χ2n) is 6.45. The van der Waals surface area contributed by atoms with Gasteiger partial charge in [-0.2, -0.15) is 0 Å². The largest absolute Gasteiger partial charge is 0.497 e. The zero-order valence-electron chi connectivity index (χ0n) is 17.1. The predicted molar refractivity (Wildman–Crippen MR) is 118 cm³/mol. The van der Waals surface area contributed by atoms with E-state index in [1.807, 2.05) is 48.7 Å². The molecule has 0 fully saturated rings. The van der Waals surface area contributed by atoms with E-state index in [2.05, 4.69) is 5.32 Å². The molecule has 0 aliphatic carbocycles. The summed E-state index contributed by atoms with van der Waals surface area (Å²) >= 11 is 1.27. The molecule has 3 rings (SSSR count). The monoisotopic (exact) mass is 425 g/mol. The van der Waals surface area contributed by atoms with Gasteiger partial charge in [0.15, 0.2) is 6.61 Å². The van der Waals surface area contributed by atoms with Crippen LogP contribution < -0.4 is 14.8 Å². The molecule has 7 heteroatoms. The topological polar surface area (TPSA) is 73.9 Å². The van der Waals surface area contributed by atoms with Gasteiger partial charge in [-0.15, -0.1) is 11.3 Å². The van der Waals surface area contributed by atoms with Crippen molar-refractivity contribution in [2.24, 2.45) is 0 Å². The first-order chi connectivity index (χ1) is 14.5. The van der Waals surface area contributed by atoms with Gasteiger partial charge in [0.1, 0.15) is 22.1 Å². The maximum atomic E-state index is 12.6. The first-order valence-corrected chi connectivity index (χ1v) is 10.3. The van der Waals surface area contributed by atoms with E-state index in [4.69, 9.17) is 14.2 Å². The van der Waals surface area contributed by atoms with Gasteiger partial charge in [-0.1, -0.05) is 29.8 Å². The third kappa shape index (κ3) is 5.18. The maximum Gasteiger partial charge on any atom is 0.341 e. The Morgan fingerprint density at radius 3 is 2.30 bits per heavy atom. The third-order valence-corrected chi connectivity index (χ3v) is 5.21. The van der Waals surface area contributed by atoms with Crippen molar-refractivity contribution in [1.29, 1.82) is 0 Å². The summed E-state index contributed by atoms with van der Waals surface area (Å²) in [4.78, 5) is 25.0. The van der Waals surface area contributed by atoms with E-state index in [1.54, 1.807) is 26.2 Å². The molecule has 0 atom stereocenters. The average molecular weight is 426 g/mol. The zero-order valence-corrected chi connectivity index (χ0v) is 17.9. The number of anilines is 1. The van der Waals surface area contributed by atoms with Crippen LogP contribution >= 0.6 is 11.3 Å². The highest BCUT2D eigenvalue weighted by atomic mass is 32.1. The minimum absolute atomic E-state index is 0.166. The van der Waals surface area contributed by atoms with Crippen molar-refractivity contribution in [3.05, 3.63) is 65.0 Å². The fraction of sp³-hybridized carbons (Fsp3) is 0.217. The van der Waals surface area contributed by atoms with E-state index < -0.39 is 5.97 Å². The summed E-state index contributed by atoms with van der Waals surface area (Å²) in [6, 6.07) is 14.8. The molecule has 0 aliphatic heterocycles. The van der Waals surface area contributed by atoms with Gasteiger partial charge in [0, 0.05) is 10.9 Å². The van der Waals surface area contributed by atoms with Crippen molar-refractivity contribution in [3.63, 3.8) is 0 Å². The van der Waals surface area contributed by atoms with Gasteiger partial charge in [-0.05, 0) is 43.7 Å². The minimum atomic E-state index is -0.487. The number of aryl methyl sites for hydroxylation is 1. The van der Waals surface area contributed by atoms with Gasteiger partial charge in [0.25, 0.3) is 5.91 Å². The van der Waals surface area contributed by atoms with Crippen LogP contribution in [0.2, 0.25) is 0 Å². The van der Waals surface area contributed by atoms with Crippen LogP contribution in [0.3, 0.4) is 0 Å². The van der Waals surface area contributed by atoms with Crippen LogP contribution in [-0.4, -0.2) is 32.2 Å². The highest BCUT2D eigenvalue weighted by Gasteiger charge is 2.23.